The second-order valence-electron chi connectivity index (χ2n) is 6.03. The van der Waals surface area contributed by atoms with Crippen molar-refractivity contribution in [1.82, 2.24) is 15.2 Å². The van der Waals surface area contributed by atoms with E-state index < -0.39 is 0 Å². The third kappa shape index (κ3) is 4.32. The molecular weight excluding hydrogens is 323 g/mol. The van der Waals surface area contributed by atoms with E-state index in [1.807, 2.05) is 6.92 Å². The number of nitrogens with zero attached hydrogens (tertiary/aromatic N) is 2. The van der Waals surface area contributed by atoms with Gasteiger partial charge >= 0.3 is 6.03 Å². The summed E-state index contributed by atoms with van der Waals surface area (Å²) in [5.41, 5.74) is 1.91. The molecule has 0 saturated carbocycles. The third-order valence-corrected chi connectivity index (χ3v) is 4.07. The Hall–Kier alpha value is -2.96. The maximum absolute atomic E-state index is 12.9. The maximum atomic E-state index is 12.9. The van der Waals surface area contributed by atoms with Gasteiger partial charge < -0.3 is 15.5 Å². The van der Waals surface area contributed by atoms with Crippen molar-refractivity contribution >= 4 is 17.6 Å². The summed E-state index contributed by atoms with van der Waals surface area (Å²) in [5, 5.41) is 5.48. The fraction of sp³-hybridized carbons (Fsp3) is 0.278. The molecular formula is C18H19FN4O2. The first-order valence-corrected chi connectivity index (χ1v) is 8.06. The number of carbonyl (C=O) groups is 2. The summed E-state index contributed by atoms with van der Waals surface area (Å²) in [6.45, 7) is 2.89. The fourth-order valence-electron chi connectivity index (χ4n) is 2.73. The number of aryl methyl sites for hydroxylation is 1. The minimum atomic E-state index is -0.372. The number of halogens is 1. The number of anilines is 1. The van der Waals surface area contributed by atoms with E-state index in [1.54, 1.807) is 23.2 Å². The zero-order chi connectivity index (χ0) is 17.8. The molecule has 2 heterocycles. The van der Waals surface area contributed by atoms with Crippen molar-refractivity contribution in [3.63, 3.8) is 0 Å². The number of likely N-dealkylation sites (tertiary alicyclic amines) is 1. The smallest absolute Gasteiger partial charge is 0.319 e. The first-order chi connectivity index (χ1) is 12.0. The van der Waals surface area contributed by atoms with Gasteiger partial charge in [0.1, 0.15) is 5.82 Å². The average Bonchev–Trinajstić information content (AvgIpc) is 3.05. The van der Waals surface area contributed by atoms with E-state index in [9.17, 15) is 14.0 Å². The SMILES string of the molecule is Cc1ccc(C(=O)N2CCC(NC(=O)Nc3ccc(F)cc3)C2)cn1. The van der Waals surface area contributed by atoms with E-state index in [2.05, 4.69) is 15.6 Å². The molecule has 6 nitrogen and oxygen atoms in total. The molecule has 130 valence electrons. The molecule has 0 radical (unpaired) electrons. The number of nitrogens with one attached hydrogen (secondary N) is 2. The van der Waals surface area contributed by atoms with E-state index in [0.717, 1.165) is 5.69 Å². The van der Waals surface area contributed by atoms with Gasteiger partial charge in [-0.3, -0.25) is 9.78 Å². The minimum Gasteiger partial charge on any atom is -0.336 e. The van der Waals surface area contributed by atoms with Gasteiger partial charge in [-0.15, -0.1) is 0 Å². The molecule has 25 heavy (non-hydrogen) atoms. The molecule has 1 atom stereocenters. The van der Waals surface area contributed by atoms with Crippen molar-refractivity contribution in [2.45, 2.75) is 19.4 Å². The van der Waals surface area contributed by atoms with Crippen LogP contribution in [0.3, 0.4) is 0 Å². The number of hydrogen-bond donors (Lipinski definition) is 2. The average molecular weight is 342 g/mol. The largest absolute Gasteiger partial charge is 0.336 e. The van der Waals surface area contributed by atoms with E-state index in [0.29, 0.717) is 30.8 Å². The molecule has 1 saturated heterocycles. The molecule has 2 N–H and O–H groups in total. The quantitative estimate of drug-likeness (QED) is 0.900. The Labute approximate surface area is 145 Å². The van der Waals surface area contributed by atoms with Gasteiger partial charge in [-0.05, 0) is 49.7 Å². The van der Waals surface area contributed by atoms with E-state index in [-0.39, 0.29) is 23.8 Å². The standard InChI is InChI=1S/C18H19FN4O2/c1-12-2-3-13(10-20-12)17(24)23-9-8-16(11-23)22-18(25)21-15-6-4-14(19)5-7-15/h2-7,10,16H,8-9,11H2,1H3,(H2,21,22,25). The van der Waals surface area contributed by atoms with Crippen LogP contribution >= 0.6 is 0 Å². The molecule has 1 aliphatic heterocycles. The second-order valence-corrected chi connectivity index (χ2v) is 6.03. The number of amides is 3. The van der Waals surface area contributed by atoms with E-state index in [1.165, 1.54) is 24.3 Å². The predicted molar refractivity (Wildman–Crippen MR) is 91.8 cm³/mol. The lowest BCUT2D eigenvalue weighted by molar-refractivity contribution is 0.0789. The number of carbonyl (C=O) groups excluding carboxylic acids is 2. The van der Waals surface area contributed by atoms with Gasteiger partial charge in [0.25, 0.3) is 5.91 Å². The van der Waals surface area contributed by atoms with E-state index in [4.69, 9.17) is 0 Å². The van der Waals surface area contributed by atoms with Gasteiger partial charge in [0.2, 0.25) is 0 Å². The second kappa shape index (κ2) is 7.29. The van der Waals surface area contributed by atoms with Gasteiger partial charge in [0.05, 0.1) is 5.56 Å². The van der Waals surface area contributed by atoms with Gasteiger partial charge in [-0.25, -0.2) is 9.18 Å². The predicted octanol–water partition coefficient (Wildman–Crippen LogP) is 2.57. The van der Waals surface area contributed by atoms with Crippen LogP contribution in [0.5, 0.6) is 0 Å². The van der Waals surface area contributed by atoms with Crippen LogP contribution in [0.2, 0.25) is 0 Å². The first kappa shape index (κ1) is 16.9. The van der Waals surface area contributed by atoms with Gasteiger partial charge in [0.15, 0.2) is 0 Å². The van der Waals surface area contributed by atoms with Crippen LogP contribution in [0.1, 0.15) is 22.5 Å². The Kier molecular flexibility index (Phi) is 4.92. The Bertz CT molecular complexity index is 762. The fourth-order valence-corrected chi connectivity index (χ4v) is 2.73. The molecule has 1 aromatic heterocycles. The lowest BCUT2D eigenvalue weighted by Crippen LogP contribution is -2.40. The van der Waals surface area contributed by atoms with Crippen molar-refractivity contribution in [3.05, 3.63) is 59.7 Å². The molecule has 3 rings (SSSR count). The molecule has 1 aliphatic rings. The number of aromatic nitrogens is 1. The zero-order valence-electron chi connectivity index (χ0n) is 13.8. The highest BCUT2D eigenvalue weighted by atomic mass is 19.1. The highest BCUT2D eigenvalue weighted by Crippen LogP contribution is 2.14. The summed E-state index contributed by atoms with van der Waals surface area (Å²) in [4.78, 5) is 30.3. The van der Waals surface area contributed by atoms with Crippen LogP contribution < -0.4 is 10.6 Å². The van der Waals surface area contributed by atoms with E-state index >= 15 is 0 Å². The monoisotopic (exact) mass is 342 g/mol. The van der Waals surface area contributed by atoms with Crippen LogP contribution in [-0.4, -0.2) is 41.0 Å². The summed E-state index contributed by atoms with van der Waals surface area (Å²) in [6, 6.07) is 8.60. The van der Waals surface area contributed by atoms with Crippen LogP contribution in [-0.2, 0) is 0 Å². The highest BCUT2D eigenvalue weighted by molar-refractivity contribution is 5.94. The molecule has 2 aromatic rings. The molecule has 7 heteroatoms. The summed E-state index contributed by atoms with van der Waals surface area (Å²) in [6.07, 6.45) is 2.25. The van der Waals surface area contributed by atoms with Gasteiger partial charge in [-0.1, -0.05) is 0 Å². The number of rotatable bonds is 3. The molecule has 1 aromatic carbocycles. The van der Waals surface area contributed by atoms with Gasteiger partial charge in [0, 0.05) is 36.7 Å². The summed E-state index contributed by atoms with van der Waals surface area (Å²) in [7, 11) is 0. The zero-order valence-corrected chi connectivity index (χ0v) is 13.8. The summed E-state index contributed by atoms with van der Waals surface area (Å²) in [5.74, 6) is -0.447. The van der Waals surface area contributed by atoms with Gasteiger partial charge in [-0.2, -0.15) is 0 Å². The normalized spacial score (nSPS) is 16.6. The maximum Gasteiger partial charge on any atom is 0.319 e. The molecule has 1 fully saturated rings. The molecule has 3 amide bonds. The van der Waals surface area contributed by atoms with Crippen molar-refractivity contribution in [2.75, 3.05) is 18.4 Å². The van der Waals surface area contributed by atoms with Crippen LogP contribution in [0.4, 0.5) is 14.9 Å². The lowest BCUT2D eigenvalue weighted by Gasteiger charge is -2.17. The first-order valence-electron chi connectivity index (χ1n) is 8.06. The lowest BCUT2D eigenvalue weighted by atomic mass is 10.2. The van der Waals surface area contributed by atoms with Crippen LogP contribution in [0.25, 0.3) is 0 Å². The number of urea groups is 1. The number of benzene rings is 1. The Balaban J connectivity index is 1.52. The van der Waals surface area contributed by atoms with Crippen LogP contribution in [0.15, 0.2) is 42.6 Å². The Morgan fingerprint density at radius 3 is 2.64 bits per heavy atom. The molecule has 0 aliphatic carbocycles. The number of pyridine rings is 1. The molecule has 0 spiro atoms. The highest BCUT2D eigenvalue weighted by Gasteiger charge is 2.28. The Morgan fingerprint density at radius 1 is 1.20 bits per heavy atom. The molecule has 0 bridgehead atoms. The van der Waals surface area contributed by atoms with Crippen molar-refractivity contribution in [2.24, 2.45) is 0 Å². The Morgan fingerprint density at radius 2 is 1.96 bits per heavy atom. The topological polar surface area (TPSA) is 74.3 Å². The molecule has 1 unspecified atom stereocenters. The third-order valence-electron chi connectivity index (χ3n) is 4.07. The van der Waals surface area contributed by atoms with Crippen LogP contribution in [0, 0.1) is 12.7 Å². The van der Waals surface area contributed by atoms with Crippen molar-refractivity contribution in [1.29, 1.82) is 0 Å². The van der Waals surface area contributed by atoms with Crippen molar-refractivity contribution < 1.29 is 14.0 Å². The van der Waals surface area contributed by atoms with Crippen molar-refractivity contribution in [3.8, 4) is 0 Å². The minimum absolute atomic E-state index is 0.0873. The number of hydrogen-bond acceptors (Lipinski definition) is 3. The summed E-state index contributed by atoms with van der Waals surface area (Å²) < 4.78 is 12.9. The summed E-state index contributed by atoms with van der Waals surface area (Å²) >= 11 is 0.